The van der Waals surface area contributed by atoms with Crippen molar-refractivity contribution in [3.05, 3.63) is 99.6 Å². The van der Waals surface area contributed by atoms with Crippen LogP contribution in [0.3, 0.4) is 0 Å². The Morgan fingerprint density at radius 2 is 1.46 bits per heavy atom. The molecule has 0 saturated carbocycles. The van der Waals surface area contributed by atoms with Gasteiger partial charge in [0.2, 0.25) is 0 Å². The van der Waals surface area contributed by atoms with Gasteiger partial charge in [-0.25, -0.2) is 0 Å². The Hall–Kier alpha value is -3.94. The highest BCUT2D eigenvalue weighted by molar-refractivity contribution is 6.31. The van der Waals surface area contributed by atoms with Gasteiger partial charge in [0.05, 0.1) is 17.8 Å². The normalized spacial score (nSPS) is 15.7. The first kappa shape index (κ1) is 24.7. The Bertz CT molecular complexity index is 1400. The van der Waals surface area contributed by atoms with Crippen LogP contribution in [0.4, 0.5) is 5.69 Å². The number of piperazine rings is 1. The van der Waals surface area contributed by atoms with Crippen molar-refractivity contribution < 1.29 is 19.2 Å². The average molecular weight is 496 g/mol. The zero-order chi connectivity index (χ0) is 26.1. The van der Waals surface area contributed by atoms with E-state index in [0.717, 1.165) is 31.7 Å². The summed E-state index contributed by atoms with van der Waals surface area (Å²) >= 11 is 0. The molecule has 7 nitrogen and oxygen atoms in total. The van der Waals surface area contributed by atoms with Crippen LogP contribution in [-0.2, 0) is 11.2 Å². The highest BCUT2D eigenvalue weighted by Crippen LogP contribution is 2.35. The third-order valence-electron chi connectivity index (χ3n) is 7.12. The maximum Gasteiger partial charge on any atom is 0.255 e. The molecule has 0 unspecified atom stereocenters. The smallest absolute Gasteiger partial charge is 0.255 e. The topological polar surface area (TPSA) is 86.8 Å². The third-order valence-corrected chi connectivity index (χ3v) is 7.12. The molecule has 1 fully saturated rings. The minimum atomic E-state index is -0.403. The van der Waals surface area contributed by atoms with Crippen LogP contribution in [0.5, 0.6) is 0 Å². The standard InChI is InChI=1S/C30H29N3O4/c1-19-7-9-20(10-8-19)30(37)31-27-21(17-22(34)18-33-15-13-32(2)14-16-33)11-12-25-26(27)29(36)24-6-4-3-5-23(24)28(25)35/h3-12H,13-18H2,1-2H3,(H,31,37). The van der Waals surface area contributed by atoms with Crippen molar-refractivity contribution in [3.63, 3.8) is 0 Å². The van der Waals surface area contributed by atoms with Gasteiger partial charge in [-0.05, 0) is 37.7 Å². The Morgan fingerprint density at radius 1 is 0.811 bits per heavy atom. The van der Waals surface area contributed by atoms with Crippen molar-refractivity contribution in [1.82, 2.24) is 9.80 Å². The number of carbonyl (C=O) groups is 4. The lowest BCUT2D eigenvalue weighted by Crippen LogP contribution is -2.46. The van der Waals surface area contributed by atoms with Crippen molar-refractivity contribution in [1.29, 1.82) is 0 Å². The lowest BCUT2D eigenvalue weighted by atomic mass is 9.81. The SMILES string of the molecule is Cc1ccc(C(=O)Nc2c(CC(=O)CN3CCN(C)CC3)ccc3c2C(=O)c2ccccc2C3=O)cc1. The molecule has 0 radical (unpaired) electrons. The molecule has 3 aromatic rings. The van der Waals surface area contributed by atoms with Gasteiger partial charge in [0.25, 0.3) is 5.91 Å². The lowest BCUT2D eigenvalue weighted by Gasteiger charge is -2.31. The first-order valence-corrected chi connectivity index (χ1v) is 12.5. The largest absolute Gasteiger partial charge is 0.321 e. The highest BCUT2D eigenvalue weighted by Gasteiger charge is 2.33. The van der Waals surface area contributed by atoms with Gasteiger partial charge in [-0.3, -0.25) is 24.1 Å². The summed E-state index contributed by atoms with van der Waals surface area (Å²) < 4.78 is 0. The van der Waals surface area contributed by atoms with E-state index < -0.39 is 5.91 Å². The summed E-state index contributed by atoms with van der Waals surface area (Å²) in [6.07, 6.45) is 0.0479. The zero-order valence-electron chi connectivity index (χ0n) is 21.0. The Kier molecular flexibility index (Phi) is 6.82. The van der Waals surface area contributed by atoms with E-state index in [-0.39, 0.29) is 40.6 Å². The van der Waals surface area contributed by atoms with E-state index in [0.29, 0.717) is 28.8 Å². The summed E-state index contributed by atoms with van der Waals surface area (Å²) in [5, 5.41) is 2.89. The molecular formula is C30H29N3O4. The highest BCUT2D eigenvalue weighted by atomic mass is 16.2. The molecule has 7 heteroatoms. The minimum absolute atomic E-state index is 0.00896. The molecule has 2 aliphatic rings. The van der Waals surface area contributed by atoms with E-state index in [1.807, 2.05) is 19.1 Å². The van der Waals surface area contributed by atoms with Gasteiger partial charge in [-0.2, -0.15) is 0 Å². The number of nitrogens with one attached hydrogen (secondary N) is 1. The molecular weight excluding hydrogens is 466 g/mol. The fraction of sp³-hybridized carbons (Fsp3) is 0.267. The van der Waals surface area contributed by atoms with Crippen LogP contribution >= 0.6 is 0 Å². The number of likely N-dealkylation sites (N-methyl/N-ethyl adjacent to an activating group) is 1. The summed E-state index contributed by atoms with van der Waals surface area (Å²) in [6, 6.07) is 17.1. The van der Waals surface area contributed by atoms with E-state index >= 15 is 0 Å². The van der Waals surface area contributed by atoms with Gasteiger partial charge < -0.3 is 10.2 Å². The summed E-state index contributed by atoms with van der Waals surface area (Å²) in [6.45, 7) is 5.66. The Balaban J connectivity index is 1.51. The number of hydrogen-bond acceptors (Lipinski definition) is 6. The molecule has 0 bridgehead atoms. The number of nitrogens with zero attached hydrogens (tertiary/aromatic N) is 2. The van der Waals surface area contributed by atoms with Gasteiger partial charge in [0.15, 0.2) is 17.3 Å². The second kappa shape index (κ2) is 10.2. The molecule has 0 atom stereocenters. The van der Waals surface area contributed by atoms with Crippen LogP contribution in [0.2, 0.25) is 0 Å². The molecule has 1 aliphatic heterocycles. The number of hydrogen-bond donors (Lipinski definition) is 1. The second-order valence-corrected chi connectivity index (χ2v) is 9.84. The fourth-order valence-corrected chi connectivity index (χ4v) is 4.93. The molecule has 1 heterocycles. The van der Waals surface area contributed by atoms with Gasteiger partial charge >= 0.3 is 0 Å². The predicted octanol–water partition coefficient (Wildman–Crippen LogP) is 3.38. The quantitative estimate of drug-likeness (QED) is 0.441. The summed E-state index contributed by atoms with van der Waals surface area (Å²) in [4.78, 5) is 57.6. The van der Waals surface area contributed by atoms with Crippen LogP contribution in [-0.4, -0.2) is 72.8 Å². The molecule has 3 aromatic carbocycles. The number of anilines is 1. The summed E-state index contributed by atoms with van der Waals surface area (Å²) in [5.74, 6) is -1.02. The average Bonchev–Trinajstić information content (AvgIpc) is 2.89. The molecule has 1 amide bonds. The molecule has 188 valence electrons. The molecule has 5 rings (SSSR count). The Labute approximate surface area is 216 Å². The maximum atomic E-state index is 13.6. The number of carbonyl (C=O) groups excluding carboxylic acids is 4. The van der Waals surface area contributed by atoms with Crippen molar-refractivity contribution in [2.75, 3.05) is 45.1 Å². The zero-order valence-corrected chi connectivity index (χ0v) is 21.0. The van der Waals surface area contributed by atoms with Gasteiger partial charge in [0, 0.05) is 54.9 Å². The molecule has 0 aromatic heterocycles. The molecule has 1 aliphatic carbocycles. The third kappa shape index (κ3) is 5.01. The van der Waals surface area contributed by atoms with E-state index in [4.69, 9.17) is 0 Å². The number of ketones is 3. The second-order valence-electron chi connectivity index (χ2n) is 9.84. The van der Waals surface area contributed by atoms with E-state index in [9.17, 15) is 19.2 Å². The minimum Gasteiger partial charge on any atom is -0.321 e. The van der Waals surface area contributed by atoms with Gasteiger partial charge in [-0.1, -0.05) is 48.0 Å². The van der Waals surface area contributed by atoms with Gasteiger partial charge in [0.1, 0.15) is 0 Å². The maximum absolute atomic E-state index is 13.6. The number of aryl methyl sites for hydroxylation is 1. The van der Waals surface area contributed by atoms with Crippen LogP contribution < -0.4 is 5.32 Å². The molecule has 0 spiro atoms. The number of Topliss-reactive ketones (excluding diaryl/α,β-unsaturated/α-hetero) is 1. The van der Waals surface area contributed by atoms with Crippen molar-refractivity contribution >= 4 is 28.9 Å². The van der Waals surface area contributed by atoms with Crippen LogP contribution in [0.15, 0.2) is 60.7 Å². The van der Waals surface area contributed by atoms with Crippen LogP contribution in [0.1, 0.15) is 53.3 Å². The van der Waals surface area contributed by atoms with Crippen LogP contribution in [0.25, 0.3) is 0 Å². The molecule has 1 N–H and O–H groups in total. The fourth-order valence-electron chi connectivity index (χ4n) is 4.93. The lowest BCUT2D eigenvalue weighted by molar-refractivity contribution is -0.119. The summed E-state index contributed by atoms with van der Waals surface area (Å²) in [7, 11) is 2.06. The van der Waals surface area contributed by atoms with Crippen molar-refractivity contribution in [2.45, 2.75) is 13.3 Å². The number of amides is 1. The van der Waals surface area contributed by atoms with Crippen LogP contribution in [0, 0.1) is 6.92 Å². The van der Waals surface area contributed by atoms with Crippen molar-refractivity contribution in [3.8, 4) is 0 Å². The first-order chi connectivity index (χ1) is 17.8. The molecule has 1 saturated heterocycles. The van der Waals surface area contributed by atoms with Gasteiger partial charge in [-0.15, -0.1) is 0 Å². The Morgan fingerprint density at radius 3 is 2.14 bits per heavy atom. The van der Waals surface area contributed by atoms with Crippen molar-refractivity contribution in [2.24, 2.45) is 0 Å². The monoisotopic (exact) mass is 495 g/mol. The summed E-state index contributed by atoms with van der Waals surface area (Å²) in [5.41, 5.74) is 3.23. The number of benzene rings is 3. The van der Waals surface area contributed by atoms with E-state index in [2.05, 4.69) is 22.2 Å². The first-order valence-electron chi connectivity index (χ1n) is 12.5. The number of fused-ring (bicyclic) bond motifs is 2. The predicted molar refractivity (Wildman–Crippen MR) is 142 cm³/mol. The van der Waals surface area contributed by atoms with E-state index in [1.54, 1.807) is 48.5 Å². The van der Waals surface area contributed by atoms with E-state index in [1.165, 1.54) is 0 Å². The number of rotatable bonds is 6. The molecule has 37 heavy (non-hydrogen) atoms.